The highest BCUT2D eigenvalue weighted by atomic mass is 32.1. The second-order valence-corrected chi connectivity index (χ2v) is 7.73. The summed E-state index contributed by atoms with van der Waals surface area (Å²) in [7, 11) is 0. The molecule has 3 N–H and O–H groups in total. The van der Waals surface area contributed by atoms with E-state index in [-0.39, 0.29) is 23.4 Å². The molecule has 4 aromatic rings. The third-order valence-electron chi connectivity index (χ3n) is 4.67. The van der Waals surface area contributed by atoms with E-state index in [2.05, 4.69) is 15.6 Å². The van der Waals surface area contributed by atoms with Crippen molar-refractivity contribution in [3.8, 4) is 23.0 Å². The Morgan fingerprint density at radius 1 is 1.06 bits per heavy atom. The number of ether oxygens (including phenoxy) is 1. The number of phenols is 1. The number of aromatic nitrogens is 1. The van der Waals surface area contributed by atoms with Crippen LogP contribution in [0, 0.1) is 13.8 Å². The van der Waals surface area contributed by atoms with Crippen molar-refractivity contribution in [1.82, 2.24) is 10.3 Å². The number of fused-ring (bicyclic) bond motifs is 1. The summed E-state index contributed by atoms with van der Waals surface area (Å²) in [6.07, 6.45) is 0. The number of aromatic hydroxyl groups is 1. The van der Waals surface area contributed by atoms with Gasteiger partial charge in [-0.05, 0) is 74.1 Å². The highest BCUT2D eigenvalue weighted by Gasteiger charge is 2.14. The van der Waals surface area contributed by atoms with E-state index in [4.69, 9.17) is 21.4 Å². The van der Waals surface area contributed by atoms with Crippen molar-refractivity contribution in [3.05, 3.63) is 71.8 Å². The molecule has 0 unspecified atom stereocenters. The highest BCUT2D eigenvalue weighted by molar-refractivity contribution is 7.80. The summed E-state index contributed by atoms with van der Waals surface area (Å²) in [5, 5.41) is 15.9. The number of carbonyl (C=O) groups is 1. The van der Waals surface area contributed by atoms with Crippen LogP contribution in [0.5, 0.6) is 11.5 Å². The van der Waals surface area contributed by atoms with Crippen LogP contribution in [0.3, 0.4) is 0 Å². The number of hydrogen-bond acceptors (Lipinski definition) is 6. The Morgan fingerprint density at radius 2 is 1.81 bits per heavy atom. The first-order valence-corrected chi connectivity index (χ1v) is 10.3. The molecule has 0 atom stereocenters. The minimum atomic E-state index is -0.392. The van der Waals surface area contributed by atoms with E-state index >= 15 is 0 Å². The fraction of sp³-hybridized carbons (Fsp3) is 0.125. The van der Waals surface area contributed by atoms with Crippen LogP contribution < -0.4 is 15.4 Å². The number of nitrogens with zero attached hydrogens (tertiary/aromatic N) is 1. The largest absolute Gasteiger partial charge is 0.507 e. The lowest BCUT2D eigenvalue weighted by atomic mass is 10.1. The van der Waals surface area contributed by atoms with Crippen molar-refractivity contribution in [1.29, 1.82) is 0 Å². The molecular weight excluding hydrogens is 426 g/mol. The van der Waals surface area contributed by atoms with Gasteiger partial charge < -0.3 is 19.6 Å². The van der Waals surface area contributed by atoms with Crippen LogP contribution in [-0.4, -0.2) is 27.7 Å². The second kappa shape index (κ2) is 9.07. The summed E-state index contributed by atoms with van der Waals surface area (Å²) >= 11 is 5.22. The quantitative estimate of drug-likeness (QED) is 0.301. The first kappa shape index (κ1) is 21.3. The molecule has 1 amide bonds. The van der Waals surface area contributed by atoms with Gasteiger partial charge in [-0.1, -0.05) is 23.8 Å². The van der Waals surface area contributed by atoms with Crippen molar-refractivity contribution < 1.29 is 19.1 Å². The molecule has 0 bridgehead atoms. The van der Waals surface area contributed by atoms with E-state index in [1.165, 1.54) is 6.07 Å². The first-order chi connectivity index (χ1) is 15.4. The van der Waals surface area contributed by atoms with Crippen LogP contribution in [0.25, 0.3) is 22.6 Å². The summed E-state index contributed by atoms with van der Waals surface area (Å²) in [4.78, 5) is 16.6. The van der Waals surface area contributed by atoms with Crippen molar-refractivity contribution in [2.24, 2.45) is 0 Å². The zero-order valence-electron chi connectivity index (χ0n) is 17.5. The molecule has 32 heavy (non-hydrogen) atoms. The van der Waals surface area contributed by atoms with Gasteiger partial charge in [-0.15, -0.1) is 0 Å². The Labute approximate surface area is 190 Å². The average molecular weight is 448 g/mol. The minimum Gasteiger partial charge on any atom is -0.507 e. The number of aryl methyl sites for hydroxylation is 2. The zero-order valence-corrected chi connectivity index (χ0v) is 18.3. The van der Waals surface area contributed by atoms with Gasteiger partial charge in [0.2, 0.25) is 5.89 Å². The molecule has 1 heterocycles. The van der Waals surface area contributed by atoms with E-state index < -0.39 is 5.91 Å². The van der Waals surface area contributed by atoms with Crippen LogP contribution in [0.4, 0.5) is 5.69 Å². The molecule has 162 valence electrons. The number of carbonyl (C=O) groups excluding carboxylic acids is 1. The molecule has 0 aliphatic rings. The highest BCUT2D eigenvalue weighted by Crippen LogP contribution is 2.33. The van der Waals surface area contributed by atoms with Crippen LogP contribution in [0.15, 0.2) is 65.1 Å². The number of oxazole rings is 1. The van der Waals surface area contributed by atoms with Crippen LogP contribution in [0.1, 0.15) is 11.1 Å². The van der Waals surface area contributed by atoms with Gasteiger partial charge in [0.1, 0.15) is 17.0 Å². The molecule has 0 aliphatic heterocycles. The molecule has 3 aromatic carbocycles. The SMILES string of the molecule is Cc1ccc(OCC(=O)NC(=S)Nc2ccc(O)c(-c3nc4cc(C)ccc4o3)c2)cc1. The molecule has 8 heteroatoms. The van der Waals surface area contributed by atoms with Gasteiger partial charge in [0.25, 0.3) is 5.91 Å². The number of anilines is 1. The molecule has 7 nitrogen and oxygen atoms in total. The molecular formula is C24H21N3O4S. The van der Waals surface area contributed by atoms with Gasteiger partial charge in [-0.3, -0.25) is 10.1 Å². The Kier molecular flexibility index (Phi) is 6.04. The van der Waals surface area contributed by atoms with E-state index in [0.717, 1.165) is 11.1 Å². The predicted molar refractivity (Wildman–Crippen MR) is 127 cm³/mol. The van der Waals surface area contributed by atoms with Gasteiger partial charge in [0.05, 0.1) is 5.56 Å². The topological polar surface area (TPSA) is 96.6 Å². The number of phenolic OH excluding ortho intramolecular Hbond substituents is 1. The maximum atomic E-state index is 12.1. The molecule has 1 aromatic heterocycles. The summed E-state index contributed by atoms with van der Waals surface area (Å²) in [5.41, 5.74) is 4.45. The second-order valence-electron chi connectivity index (χ2n) is 7.33. The molecule has 0 saturated heterocycles. The molecule has 0 aliphatic carbocycles. The summed E-state index contributed by atoms with van der Waals surface area (Å²) < 4.78 is 11.2. The maximum Gasteiger partial charge on any atom is 0.264 e. The molecule has 4 rings (SSSR count). The number of hydrogen-bond donors (Lipinski definition) is 3. The summed E-state index contributed by atoms with van der Waals surface area (Å²) in [5.74, 6) is 0.506. The van der Waals surface area contributed by atoms with E-state index in [1.807, 2.05) is 44.2 Å². The van der Waals surface area contributed by atoms with Gasteiger partial charge in [0, 0.05) is 5.69 Å². The summed E-state index contributed by atoms with van der Waals surface area (Å²) in [6.45, 7) is 3.77. The van der Waals surface area contributed by atoms with Crippen LogP contribution >= 0.6 is 12.2 Å². The molecule has 0 fully saturated rings. The molecule has 0 radical (unpaired) electrons. The van der Waals surface area contributed by atoms with E-state index in [1.54, 1.807) is 24.3 Å². The number of rotatable bonds is 5. The predicted octanol–water partition coefficient (Wildman–Crippen LogP) is 4.71. The Bertz CT molecular complexity index is 1300. The van der Waals surface area contributed by atoms with Crippen molar-refractivity contribution in [3.63, 3.8) is 0 Å². The number of benzene rings is 3. The number of amides is 1. The van der Waals surface area contributed by atoms with Crippen molar-refractivity contribution in [2.45, 2.75) is 13.8 Å². The van der Waals surface area contributed by atoms with Gasteiger partial charge in [-0.25, -0.2) is 4.98 Å². The lowest BCUT2D eigenvalue weighted by molar-refractivity contribution is -0.121. The minimum absolute atomic E-state index is 0.0141. The number of nitrogens with one attached hydrogen (secondary N) is 2. The smallest absolute Gasteiger partial charge is 0.264 e. The first-order valence-electron chi connectivity index (χ1n) is 9.88. The Balaban J connectivity index is 1.41. The third kappa shape index (κ3) is 5.04. The van der Waals surface area contributed by atoms with E-state index in [9.17, 15) is 9.90 Å². The fourth-order valence-electron chi connectivity index (χ4n) is 3.05. The van der Waals surface area contributed by atoms with Crippen LogP contribution in [0.2, 0.25) is 0 Å². The van der Waals surface area contributed by atoms with Gasteiger partial charge in [0.15, 0.2) is 17.3 Å². The van der Waals surface area contributed by atoms with Gasteiger partial charge >= 0.3 is 0 Å². The molecule has 0 saturated carbocycles. The Hall–Kier alpha value is -3.91. The third-order valence-corrected chi connectivity index (χ3v) is 4.88. The van der Waals surface area contributed by atoms with Gasteiger partial charge in [-0.2, -0.15) is 0 Å². The fourth-order valence-corrected chi connectivity index (χ4v) is 3.28. The lowest BCUT2D eigenvalue weighted by Gasteiger charge is -2.11. The lowest BCUT2D eigenvalue weighted by Crippen LogP contribution is -2.37. The average Bonchev–Trinajstić information content (AvgIpc) is 3.17. The Morgan fingerprint density at radius 3 is 2.59 bits per heavy atom. The van der Waals surface area contributed by atoms with Crippen LogP contribution in [-0.2, 0) is 4.79 Å². The van der Waals surface area contributed by atoms with Crippen molar-refractivity contribution >= 4 is 40.0 Å². The standard InChI is InChI=1S/C24H21N3O4S/c1-14-3-7-17(8-4-14)30-13-22(29)27-24(32)25-16-6-9-20(28)18(12-16)23-26-19-11-15(2)5-10-21(19)31-23/h3-12,28H,13H2,1-2H3,(H2,25,27,29,32). The molecule has 0 spiro atoms. The van der Waals surface area contributed by atoms with Crippen molar-refractivity contribution in [2.75, 3.05) is 11.9 Å². The zero-order chi connectivity index (χ0) is 22.7. The van der Waals surface area contributed by atoms with E-state index in [0.29, 0.717) is 28.1 Å². The summed E-state index contributed by atoms with van der Waals surface area (Å²) in [6, 6.07) is 17.9. The number of thiocarbonyl (C=S) groups is 1. The normalized spacial score (nSPS) is 10.7. The monoisotopic (exact) mass is 447 g/mol. The maximum absolute atomic E-state index is 12.1.